The molecule has 0 radical (unpaired) electrons. The Morgan fingerprint density at radius 1 is 1.33 bits per heavy atom. The molecule has 1 aliphatic heterocycles. The van der Waals surface area contributed by atoms with Gasteiger partial charge in [0, 0.05) is 24.2 Å². The molecular formula is C15H19N3O2S. The molecule has 0 spiro atoms. The van der Waals surface area contributed by atoms with Gasteiger partial charge in [0.15, 0.2) is 0 Å². The van der Waals surface area contributed by atoms with Crippen LogP contribution in [0, 0.1) is 0 Å². The van der Waals surface area contributed by atoms with Crippen molar-refractivity contribution in [2.75, 3.05) is 4.72 Å². The molecular weight excluding hydrogens is 286 g/mol. The minimum atomic E-state index is -3.32. The second kappa shape index (κ2) is 5.18. The summed E-state index contributed by atoms with van der Waals surface area (Å²) >= 11 is 0. The van der Waals surface area contributed by atoms with Crippen molar-refractivity contribution in [3.05, 3.63) is 36.3 Å². The van der Waals surface area contributed by atoms with Gasteiger partial charge in [-0.3, -0.25) is 4.72 Å². The first-order valence-electron chi connectivity index (χ1n) is 7.14. The molecule has 0 bridgehead atoms. The Balaban J connectivity index is 1.94. The third-order valence-electron chi connectivity index (χ3n) is 3.76. The van der Waals surface area contributed by atoms with Gasteiger partial charge in [-0.05, 0) is 32.4 Å². The van der Waals surface area contributed by atoms with Crippen molar-refractivity contribution in [2.45, 2.75) is 38.5 Å². The summed E-state index contributed by atoms with van der Waals surface area (Å²) in [5, 5.41) is -0.458. The molecule has 6 heteroatoms. The van der Waals surface area contributed by atoms with E-state index < -0.39 is 15.3 Å². The summed E-state index contributed by atoms with van der Waals surface area (Å²) in [7, 11) is -3.32. The van der Waals surface area contributed by atoms with E-state index in [2.05, 4.69) is 14.3 Å². The van der Waals surface area contributed by atoms with Gasteiger partial charge in [0.25, 0.3) is 0 Å². The first kappa shape index (κ1) is 14.1. The predicted octanol–water partition coefficient (Wildman–Crippen LogP) is 2.65. The van der Waals surface area contributed by atoms with Crippen molar-refractivity contribution in [1.82, 2.24) is 9.55 Å². The standard InChI is InChI=1S/C15H19N3O2S/c1-11(2)21(19,20)17-13-6-3-5-12(9-13)14-10-16-15-7-4-8-18(14)15/h3,5-6,9-11,17H,4,7-8H2,1-2H3. The summed E-state index contributed by atoms with van der Waals surface area (Å²) in [5.74, 6) is 1.11. The van der Waals surface area contributed by atoms with Gasteiger partial charge in [-0.2, -0.15) is 0 Å². The molecule has 1 aromatic carbocycles. The average Bonchev–Trinajstić information content (AvgIpc) is 3.00. The number of hydrogen-bond donors (Lipinski definition) is 1. The van der Waals surface area contributed by atoms with Crippen LogP contribution in [0.5, 0.6) is 0 Å². The van der Waals surface area contributed by atoms with Crippen LogP contribution in [0.25, 0.3) is 11.3 Å². The maximum atomic E-state index is 12.0. The van der Waals surface area contributed by atoms with Gasteiger partial charge in [0.1, 0.15) is 5.82 Å². The second-order valence-corrected chi connectivity index (χ2v) is 7.83. The largest absolute Gasteiger partial charge is 0.328 e. The highest BCUT2D eigenvalue weighted by atomic mass is 32.2. The monoisotopic (exact) mass is 305 g/mol. The molecule has 2 aromatic rings. The van der Waals surface area contributed by atoms with Gasteiger partial charge in [0.05, 0.1) is 17.1 Å². The molecule has 0 atom stereocenters. The molecule has 5 nitrogen and oxygen atoms in total. The zero-order valence-corrected chi connectivity index (χ0v) is 13.0. The van der Waals surface area contributed by atoms with Crippen LogP contribution in [-0.4, -0.2) is 23.2 Å². The van der Waals surface area contributed by atoms with Crippen molar-refractivity contribution >= 4 is 15.7 Å². The van der Waals surface area contributed by atoms with Crippen LogP contribution in [0.1, 0.15) is 26.1 Å². The topological polar surface area (TPSA) is 64.0 Å². The molecule has 3 rings (SSSR count). The highest BCUT2D eigenvalue weighted by molar-refractivity contribution is 7.93. The Labute approximate surface area is 125 Å². The van der Waals surface area contributed by atoms with Crippen molar-refractivity contribution in [3.63, 3.8) is 0 Å². The summed E-state index contributed by atoms with van der Waals surface area (Å²) in [5.41, 5.74) is 2.63. The minimum absolute atomic E-state index is 0.458. The van der Waals surface area contributed by atoms with Crippen LogP contribution in [0.3, 0.4) is 0 Å². The SMILES string of the molecule is CC(C)S(=O)(=O)Nc1cccc(-c2cnc3n2CCC3)c1. The number of imidazole rings is 1. The Morgan fingerprint density at radius 2 is 2.14 bits per heavy atom. The number of nitrogens with one attached hydrogen (secondary N) is 1. The maximum Gasteiger partial charge on any atom is 0.235 e. The van der Waals surface area contributed by atoms with E-state index in [0.717, 1.165) is 36.5 Å². The molecule has 0 saturated carbocycles. The van der Waals surface area contributed by atoms with E-state index in [1.54, 1.807) is 19.9 Å². The van der Waals surface area contributed by atoms with Crippen LogP contribution in [0.2, 0.25) is 0 Å². The molecule has 2 heterocycles. The number of nitrogens with zero attached hydrogens (tertiary/aromatic N) is 2. The Hall–Kier alpha value is -1.82. The van der Waals surface area contributed by atoms with Crippen molar-refractivity contribution in [3.8, 4) is 11.3 Å². The molecule has 0 amide bonds. The van der Waals surface area contributed by atoms with Gasteiger partial charge in [-0.15, -0.1) is 0 Å². The summed E-state index contributed by atoms with van der Waals surface area (Å²) in [6.07, 6.45) is 4.00. The zero-order chi connectivity index (χ0) is 15.0. The van der Waals surface area contributed by atoms with E-state index in [1.165, 1.54) is 0 Å². The lowest BCUT2D eigenvalue weighted by molar-refractivity contribution is 0.593. The van der Waals surface area contributed by atoms with Crippen LogP contribution in [0.15, 0.2) is 30.5 Å². The summed E-state index contributed by atoms with van der Waals surface area (Å²) < 4.78 is 28.7. The summed E-state index contributed by atoms with van der Waals surface area (Å²) in [6, 6.07) is 7.48. The predicted molar refractivity (Wildman–Crippen MR) is 83.7 cm³/mol. The van der Waals surface area contributed by atoms with Crippen LogP contribution in [0.4, 0.5) is 5.69 Å². The van der Waals surface area contributed by atoms with Crippen molar-refractivity contribution < 1.29 is 8.42 Å². The Kier molecular flexibility index (Phi) is 3.49. The van der Waals surface area contributed by atoms with Gasteiger partial charge in [-0.1, -0.05) is 12.1 Å². The number of anilines is 1. The first-order valence-corrected chi connectivity index (χ1v) is 8.68. The summed E-state index contributed by atoms with van der Waals surface area (Å²) in [4.78, 5) is 4.43. The Morgan fingerprint density at radius 3 is 2.90 bits per heavy atom. The number of sulfonamides is 1. The lowest BCUT2D eigenvalue weighted by Crippen LogP contribution is -2.22. The van der Waals surface area contributed by atoms with Gasteiger partial charge < -0.3 is 4.57 Å². The highest BCUT2D eigenvalue weighted by Crippen LogP contribution is 2.27. The average molecular weight is 305 g/mol. The highest BCUT2D eigenvalue weighted by Gasteiger charge is 2.18. The molecule has 0 aliphatic carbocycles. The number of aryl methyl sites for hydroxylation is 1. The molecule has 1 aliphatic rings. The van der Waals surface area contributed by atoms with Crippen LogP contribution in [-0.2, 0) is 23.0 Å². The molecule has 0 saturated heterocycles. The molecule has 112 valence electrons. The zero-order valence-electron chi connectivity index (χ0n) is 12.2. The normalized spacial score (nSPS) is 14.4. The van der Waals surface area contributed by atoms with E-state index in [4.69, 9.17) is 0 Å². The summed E-state index contributed by atoms with van der Waals surface area (Å²) in [6.45, 7) is 4.30. The number of hydrogen-bond acceptors (Lipinski definition) is 3. The second-order valence-electron chi connectivity index (χ2n) is 5.59. The minimum Gasteiger partial charge on any atom is -0.328 e. The van der Waals surface area contributed by atoms with Crippen LogP contribution < -0.4 is 4.72 Å². The molecule has 1 aromatic heterocycles. The smallest absolute Gasteiger partial charge is 0.235 e. The fourth-order valence-electron chi connectivity index (χ4n) is 2.51. The molecule has 1 N–H and O–H groups in total. The quantitative estimate of drug-likeness (QED) is 0.944. The van der Waals surface area contributed by atoms with E-state index in [-0.39, 0.29) is 0 Å². The fraction of sp³-hybridized carbons (Fsp3) is 0.400. The van der Waals surface area contributed by atoms with Crippen molar-refractivity contribution in [1.29, 1.82) is 0 Å². The van der Waals surface area contributed by atoms with Gasteiger partial charge >= 0.3 is 0 Å². The molecule has 21 heavy (non-hydrogen) atoms. The lowest BCUT2D eigenvalue weighted by atomic mass is 10.1. The molecule has 0 unspecified atom stereocenters. The van der Waals surface area contributed by atoms with Gasteiger partial charge in [-0.25, -0.2) is 13.4 Å². The first-order chi connectivity index (χ1) is 9.97. The third kappa shape index (κ3) is 2.68. The maximum absolute atomic E-state index is 12.0. The number of rotatable bonds is 4. The van der Waals surface area contributed by atoms with Gasteiger partial charge in [0.2, 0.25) is 10.0 Å². The molecule has 0 fully saturated rings. The van der Waals surface area contributed by atoms with Crippen LogP contribution >= 0.6 is 0 Å². The van der Waals surface area contributed by atoms with E-state index in [1.807, 2.05) is 24.4 Å². The van der Waals surface area contributed by atoms with E-state index in [0.29, 0.717) is 5.69 Å². The van der Waals surface area contributed by atoms with E-state index in [9.17, 15) is 8.42 Å². The Bertz CT molecular complexity index is 763. The third-order valence-corrected chi connectivity index (χ3v) is 5.52. The number of aromatic nitrogens is 2. The number of fused-ring (bicyclic) bond motifs is 1. The van der Waals surface area contributed by atoms with E-state index >= 15 is 0 Å². The number of benzene rings is 1. The lowest BCUT2D eigenvalue weighted by Gasteiger charge is -2.12. The fourth-order valence-corrected chi connectivity index (χ4v) is 3.20. The van der Waals surface area contributed by atoms with Crippen molar-refractivity contribution in [2.24, 2.45) is 0 Å².